The molecule has 0 unspecified atom stereocenters. The molecule has 0 aromatic heterocycles. The number of morpholine rings is 1. The van der Waals surface area contributed by atoms with E-state index in [-0.39, 0.29) is 11.2 Å². The number of ether oxygens (including phenoxy) is 2. The minimum Gasteiger partial charge on any atom is -0.496 e. The van der Waals surface area contributed by atoms with Gasteiger partial charge < -0.3 is 9.47 Å². The maximum Gasteiger partial charge on any atom is 0.167 e. The van der Waals surface area contributed by atoms with Gasteiger partial charge in [0.05, 0.1) is 19.3 Å². The zero-order valence-corrected chi connectivity index (χ0v) is 11.5. The lowest BCUT2D eigenvalue weighted by Crippen LogP contribution is -2.47. The van der Waals surface area contributed by atoms with Crippen LogP contribution in [0.1, 0.15) is 19.4 Å². The Morgan fingerprint density at radius 1 is 1.37 bits per heavy atom. The first-order valence-corrected chi connectivity index (χ1v) is 6.30. The summed E-state index contributed by atoms with van der Waals surface area (Å²) in [7, 11) is 1.46. The minimum atomic E-state index is -0.844. The molecule has 0 radical (unpaired) electrons. The molecule has 5 heteroatoms. The van der Waals surface area contributed by atoms with E-state index in [9.17, 15) is 8.78 Å². The highest BCUT2D eigenvalue weighted by molar-refractivity contribution is 5.35. The molecule has 0 amide bonds. The second-order valence-electron chi connectivity index (χ2n) is 5.36. The SMILES string of the molecule is COc1ccc(F)c(F)c1CN1CCOC(C)(C)C1. The Morgan fingerprint density at radius 3 is 2.74 bits per heavy atom. The number of methoxy groups -OCH3 is 1. The molecule has 0 saturated carbocycles. The number of hydrogen-bond donors (Lipinski definition) is 0. The Kier molecular flexibility index (Phi) is 4.06. The smallest absolute Gasteiger partial charge is 0.167 e. The molecule has 0 aliphatic carbocycles. The Labute approximate surface area is 112 Å². The van der Waals surface area contributed by atoms with Crippen LogP contribution in [-0.4, -0.2) is 37.3 Å². The summed E-state index contributed by atoms with van der Waals surface area (Å²) < 4.78 is 37.9. The molecule has 1 aliphatic heterocycles. The maximum atomic E-state index is 13.9. The fourth-order valence-electron chi connectivity index (χ4n) is 2.39. The van der Waals surface area contributed by atoms with Crippen LogP contribution >= 0.6 is 0 Å². The average molecular weight is 271 g/mol. The predicted octanol–water partition coefficient (Wildman–Crippen LogP) is 2.58. The normalized spacial score (nSPS) is 19.4. The van der Waals surface area contributed by atoms with E-state index in [4.69, 9.17) is 9.47 Å². The first-order chi connectivity index (χ1) is 8.93. The van der Waals surface area contributed by atoms with Crippen LogP contribution in [0.5, 0.6) is 5.75 Å². The molecular formula is C14H19F2NO2. The first-order valence-electron chi connectivity index (χ1n) is 6.30. The average Bonchev–Trinajstić information content (AvgIpc) is 2.34. The molecule has 3 nitrogen and oxygen atoms in total. The van der Waals surface area contributed by atoms with Crippen LogP contribution in [0.2, 0.25) is 0 Å². The van der Waals surface area contributed by atoms with Crippen LogP contribution in [0, 0.1) is 11.6 Å². The van der Waals surface area contributed by atoms with E-state index >= 15 is 0 Å². The third kappa shape index (κ3) is 3.22. The van der Waals surface area contributed by atoms with Crippen LogP contribution < -0.4 is 4.74 Å². The van der Waals surface area contributed by atoms with Gasteiger partial charge in [0.15, 0.2) is 11.6 Å². The molecule has 0 N–H and O–H groups in total. The molecule has 0 spiro atoms. The molecule has 1 aromatic rings. The van der Waals surface area contributed by atoms with Gasteiger partial charge in [-0.2, -0.15) is 0 Å². The summed E-state index contributed by atoms with van der Waals surface area (Å²) in [5, 5.41) is 0. The second kappa shape index (κ2) is 5.43. The van der Waals surface area contributed by atoms with Crippen molar-refractivity contribution in [1.29, 1.82) is 0 Å². The van der Waals surface area contributed by atoms with Gasteiger partial charge in [-0.1, -0.05) is 0 Å². The molecular weight excluding hydrogens is 252 g/mol. The molecule has 1 aliphatic rings. The van der Waals surface area contributed by atoms with Crippen molar-refractivity contribution in [3.8, 4) is 5.75 Å². The summed E-state index contributed by atoms with van der Waals surface area (Å²) in [6.07, 6.45) is 0. The largest absolute Gasteiger partial charge is 0.496 e. The van der Waals surface area contributed by atoms with Crippen molar-refractivity contribution in [2.75, 3.05) is 26.8 Å². The zero-order chi connectivity index (χ0) is 14.0. The lowest BCUT2D eigenvalue weighted by atomic mass is 10.1. The lowest BCUT2D eigenvalue weighted by molar-refractivity contribution is -0.0886. The Morgan fingerprint density at radius 2 is 2.11 bits per heavy atom. The fraction of sp³-hybridized carbons (Fsp3) is 0.571. The topological polar surface area (TPSA) is 21.7 Å². The third-order valence-corrected chi connectivity index (χ3v) is 3.26. The fourth-order valence-corrected chi connectivity index (χ4v) is 2.39. The summed E-state index contributed by atoms with van der Waals surface area (Å²) in [5.41, 5.74) is -0.00449. The molecule has 1 aromatic carbocycles. The number of halogens is 2. The van der Waals surface area contributed by atoms with Crippen molar-refractivity contribution in [2.24, 2.45) is 0 Å². The minimum absolute atomic E-state index is 0.264. The van der Waals surface area contributed by atoms with Crippen molar-refractivity contribution in [1.82, 2.24) is 4.90 Å². The highest BCUT2D eigenvalue weighted by atomic mass is 19.2. The molecule has 0 bridgehead atoms. The predicted molar refractivity (Wildman–Crippen MR) is 68.2 cm³/mol. The number of rotatable bonds is 3. The van der Waals surface area contributed by atoms with Crippen molar-refractivity contribution < 1.29 is 18.3 Å². The van der Waals surface area contributed by atoms with E-state index in [0.29, 0.717) is 32.0 Å². The van der Waals surface area contributed by atoms with Gasteiger partial charge in [0.1, 0.15) is 5.75 Å². The number of nitrogens with zero attached hydrogens (tertiary/aromatic N) is 1. The Hall–Kier alpha value is -1.20. The lowest BCUT2D eigenvalue weighted by Gasteiger charge is -2.38. The summed E-state index contributed by atoms with van der Waals surface area (Å²) in [4.78, 5) is 2.05. The standard InChI is InChI=1S/C14H19F2NO2/c1-14(2)9-17(6-7-19-14)8-10-12(18-3)5-4-11(15)13(10)16/h4-5H,6-9H2,1-3H3. The van der Waals surface area contributed by atoms with Gasteiger partial charge in [0, 0.05) is 25.2 Å². The number of hydrogen-bond acceptors (Lipinski definition) is 3. The molecule has 2 rings (SSSR count). The van der Waals surface area contributed by atoms with Gasteiger partial charge in [-0.25, -0.2) is 8.78 Å². The van der Waals surface area contributed by atoms with Crippen LogP contribution in [0.4, 0.5) is 8.78 Å². The van der Waals surface area contributed by atoms with E-state index in [1.165, 1.54) is 13.2 Å². The van der Waals surface area contributed by atoms with Crippen LogP contribution in [0.15, 0.2) is 12.1 Å². The zero-order valence-electron chi connectivity index (χ0n) is 11.5. The molecule has 1 saturated heterocycles. The van der Waals surface area contributed by atoms with Gasteiger partial charge in [-0.15, -0.1) is 0 Å². The second-order valence-corrected chi connectivity index (χ2v) is 5.36. The Balaban J connectivity index is 2.21. The Bertz CT molecular complexity index is 463. The van der Waals surface area contributed by atoms with Crippen LogP contribution in [-0.2, 0) is 11.3 Å². The molecule has 0 atom stereocenters. The van der Waals surface area contributed by atoms with Crippen molar-refractivity contribution in [3.05, 3.63) is 29.3 Å². The van der Waals surface area contributed by atoms with Gasteiger partial charge in [0.25, 0.3) is 0 Å². The molecule has 1 fully saturated rings. The van der Waals surface area contributed by atoms with Crippen LogP contribution in [0.3, 0.4) is 0 Å². The van der Waals surface area contributed by atoms with Gasteiger partial charge in [-0.3, -0.25) is 4.90 Å². The van der Waals surface area contributed by atoms with Gasteiger partial charge in [0.2, 0.25) is 0 Å². The van der Waals surface area contributed by atoms with E-state index in [1.54, 1.807) is 0 Å². The summed E-state index contributed by atoms with van der Waals surface area (Å²) in [6.45, 7) is 6.25. The van der Waals surface area contributed by atoms with E-state index in [0.717, 1.165) is 6.07 Å². The summed E-state index contributed by atoms with van der Waals surface area (Å²) >= 11 is 0. The quantitative estimate of drug-likeness (QED) is 0.843. The van der Waals surface area contributed by atoms with E-state index in [2.05, 4.69) is 0 Å². The third-order valence-electron chi connectivity index (χ3n) is 3.26. The molecule has 19 heavy (non-hydrogen) atoms. The first kappa shape index (κ1) is 14.2. The highest BCUT2D eigenvalue weighted by Gasteiger charge is 2.28. The summed E-state index contributed by atoms with van der Waals surface area (Å²) in [5.74, 6) is -1.30. The highest BCUT2D eigenvalue weighted by Crippen LogP contribution is 2.27. The van der Waals surface area contributed by atoms with Crippen molar-refractivity contribution in [3.63, 3.8) is 0 Å². The van der Waals surface area contributed by atoms with E-state index < -0.39 is 11.6 Å². The van der Waals surface area contributed by atoms with Crippen LogP contribution in [0.25, 0.3) is 0 Å². The van der Waals surface area contributed by atoms with Gasteiger partial charge in [-0.05, 0) is 26.0 Å². The molecule has 106 valence electrons. The number of benzene rings is 1. The van der Waals surface area contributed by atoms with Crippen molar-refractivity contribution >= 4 is 0 Å². The summed E-state index contributed by atoms with van der Waals surface area (Å²) in [6, 6.07) is 2.54. The maximum absolute atomic E-state index is 13.9. The van der Waals surface area contributed by atoms with Gasteiger partial charge >= 0.3 is 0 Å². The molecule has 1 heterocycles. The van der Waals surface area contributed by atoms with Crippen molar-refractivity contribution in [2.45, 2.75) is 26.0 Å². The van der Waals surface area contributed by atoms with E-state index in [1.807, 2.05) is 18.7 Å². The monoisotopic (exact) mass is 271 g/mol.